The molecule has 0 saturated carbocycles. The third kappa shape index (κ3) is 2.83. The van der Waals surface area contributed by atoms with Gasteiger partial charge in [-0.2, -0.15) is 0 Å². The van der Waals surface area contributed by atoms with Crippen molar-refractivity contribution in [1.82, 2.24) is 9.88 Å². The Morgan fingerprint density at radius 3 is 2.81 bits per heavy atom. The fourth-order valence-electron chi connectivity index (χ4n) is 4.29. The lowest BCUT2D eigenvalue weighted by atomic mass is 9.87. The van der Waals surface area contributed by atoms with Crippen LogP contribution in [0.3, 0.4) is 0 Å². The number of hydrogen-bond acceptors (Lipinski definition) is 3. The van der Waals surface area contributed by atoms with E-state index in [-0.39, 0.29) is 0 Å². The maximum absolute atomic E-state index is 5.88. The number of nitrogens with zero attached hydrogens (tertiary/aromatic N) is 2. The molecule has 130 valence electrons. The van der Waals surface area contributed by atoms with E-state index in [0.717, 1.165) is 26.2 Å². The van der Waals surface area contributed by atoms with Gasteiger partial charge in [-0.3, -0.25) is 9.88 Å². The minimum absolute atomic E-state index is 0.338. The van der Waals surface area contributed by atoms with Gasteiger partial charge in [-0.1, -0.05) is 54.6 Å². The summed E-state index contributed by atoms with van der Waals surface area (Å²) in [5, 5.41) is 2.50. The molecule has 2 unspecified atom stereocenters. The Balaban J connectivity index is 1.50. The molecule has 3 heteroatoms. The van der Waals surface area contributed by atoms with Gasteiger partial charge in [0.1, 0.15) is 0 Å². The molecule has 1 saturated heterocycles. The molecular formula is C23H22N2O. The number of ether oxygens (including phenoxy) is 1. The summed E-state index contributed by atoms with van der Waals surface area (Å²) in [6.07, 6.45) is 7.30. The van der Waals surface area contributed by atoms with E-state index in [9.17, 15) is 0 Å². The molecule has 2 aromatic carbocycles. The largest absolute Gasteiger partial charge is 0.378 e. The van der Waals surface area contributed by atoms with Crippen LogP contribution in [0.25, 0.3) is 16.3 Å². The summed E-state index contributed by atoms with van der Waals surface area (Å²) in [5.41, 5.74) is 4.13. The maximum atomic E-state index is 5.88. The molecule has 0 aliphatic carbocycles. The highest BCUT2D eigenvalue weighted by Gasteiger charge is 2.35. The first-order chi connectivity index (χ1) is 12.9. The van der Waals surface area contributed by atoms with Gasteiger partial charge in [0.05, 0.1) is 19.3 Å². The molecule has 2 aliphatic rings. The van der Waals surface area contributed by atoms with Crippen molar-refractivity contribution >= 4 is 16.3 Å². The van der Waals surface area contributed by atoms with Crippen LogP contribution in [0.5, 0.6) is 0 Å². The van der Waals surface area contributed by atoms with Gasteiger partial charge in [0.2, 0.25) is 0 Å². The van der Waals surface area contributed by atoms with Crippen LogP contribution in [-0.2, 0) is 11.3 Å². The van der Waals surface area contributed by atoms with Crippen LogP contribution in [0.1, 0.15) is 17.5 Å². The molecule has 2 bridgehead atoms. The Kier molecular flexibility index (Phi) is 4.04. The molecule has 0 N–H and O–H groups in total. The zero-order chi connectivity index (χ0) is 17.3. The van der Waals surface area contributed by atoms with Crippen LogP contribution in [0.4, 0.5) is 0 Å². The number of hydrogen-bond donors (Lipinski definition) is 0. The van der Waals surface area contributed by atoms with Gasteiger partial charge in [0, 0.05) is 30.4 Å². The normalized spacial score (nSPS) is 23.0. The van der Waals surface area contributed by atoms with Gasteiger partial charge < -0.3 is 4.74 Å². The number of aromatic nitrogens is 1. The summed E-state index contributed by atoms with van der Waals surface area (Å²) >= 11 is 0. The monoisotopic (exact) mass is 342 g/mol. The summed E-state index contributed by atoms with van der Waals surface area (Å²) in [6.45, 7) is 2.57. The molecule has 0 radical (unpaired) electrons. The highest BCUT2D eigenvalue weighted by Crippen LogP contribution is 2.36. The minimum Gasteiger partial charge on any atom is -0.378 e. The number of fused-ring (bicyclic) bond motifs is 3. The second kappa shape index (κ2) is 6.67. The Labute approximate surface area is 153 Å². The lowest BCUT2D eigenvalue weighted by molar-refractivity contribution is -0.0402. The standard InChI is InChI=1S/C23H22N2O/c1-2-5-17(6-3-1)14-25-20-11-19(12-21(25)16-26-15-20)22-8-4-7-18-9-10-24-13-23(18)22/h1-11,13,20-21H,12,14-16H2. The fourth-order valence-corrected chi connectivity index (χ4v) is 4.29. The second-order valence-corrected chi connectivity index (χ2v) is 7.21. The average Bonchev–Trinajstić information content (AvgIpc) is 2.68. The quantitative estimate of drug-likeness (QED) is 0.710. The van der Waals surface area contributed by atoms with Crippen molar-refractivity contribution < 1.29 is 4.74 Å². The Morgan fingerprint density at radius 2 is 1.92 bits per heavy atom. The molecule has 1 fully saturated rings. The van der Waals surface area contributed by atoms with E-state index in [0.29, 0.717) is 12.1 Å². The lowest BCUT2D eigenvalue weighted by Gasteiger charge is -2.45. The Morgan fingerprint density at radius 1 is 1.00 bits per heavy atom. The van der Waals surface area contributed by atoms with E-state index in [4.69, 9.17) is 4.74 Å². The van der Waals surface area contributed by atoms with Crippen molar-refractivity contribution in [3.8, 4) is 0 Å². The predicted octanol–water partition coefficient (Wildman–Crippen LogP) is 4.29. The first kappa shape index (κ1) is 15.7. The van der Waals surface area contributed by atoms with Crippen molar-refractivity contribution in [2.75, 3.05) is 13.2 Å². The molecule has 3 heterocycles. The van der Waals surface area contributed by atoms with Crippen molar-refractivity contribution in [1.29, 1.82) is 0 Å². The van der Waals surface area contributed by atoms with E-state index >= 15 is 0 Å². The third-order valence-corrected chi connectivity index (χ3v) is 5.58. The fraction of sp³-hybridized carbons (Fsp3) is 0.261. The smallest absolute Gasteiger partial charge is 0.0658 e. The summed E-state index contributed by atoms with van der Waals surface area (Å²) < 4.78 is 5.88. The van der Waals surface area contributed by atoms with E-state index in [2.05, 4.69) is 70.6 Å². The molecule has 0 spiro atoms. The summed E-state index contributed by atoms with van der Waals surface area (Å²) in [6, 6.07) is 20.2. The topological polar surface area (TPSA) is 25.4 Å². The number of rotatable bonds is 3. The van der Waals surface area contributed by atoms with E-state index in [1.54, 1.807) is 0 Å². The number of benzene rings is 2. The van der Waals surface area contributed by atoms with Gasteiger partial charge in [-0.05, 0) is 34.6 Å². The molecule has 0 amide bonds. The minimum atomic E-state index is 0.338. The van der Waals surface area contributed by atoms with Crippen LogP contribution < -0.4 is 0 Å². The van der Waals surface area contributed by atoms with Crippen molar-refractivity contribution in [2.24, 2.45) is 0 Å². The van der Waals surface area contributed by atoms with Gasteiger partial charge in [0.25, 0.3) is 0 Å². The maximum Gasteiger partial charge on any atom is 0.0658 e. The summed E-state index contributed by atoms with van der Waals surface area (Å²) in [5.74, 6) is 0. The third-order valence-electron chi connectivity index (χ3n) is 5.58. The van der Waals surface area contributed by atoms with Crippen LogP contribution in [0.15, 0.2) is 73.1 Å². The molecule has 3 aromatic rings. The molecule has 1 aromatic heterocycles. The van der Waals surface area contributed by atoms with E-state index in [1.165, 1.54) is 27.5 Å². The zero-order valence-electron chi connectivity index (χ0n) is 14.7. The van der Waals surface area contributed by atoms with E-state index < -0.39 is 0 Å². The van der Waals surface area contributed by atoms with Gasteiger partial charge >= 0.3 is 0 Å². The van der Waals surface area contributed by atoms with E-state index in [1.807, 2.05) is 12.4 Å². The van der Waals surface area contributed by atoms with Crippen molar-refractivity contribution in [3.63, 3.8) is 0 Å². The first-order valence-corrected chi connectivity index (χ1v) is 9.30. The number of morpholine rings is 1. The highest BCUT2D eigenvalue weighted by atomic mass is 16.5. The Bertz CT molecular complexity index is 945. The lowest BCUT2D eigenvalue weighted by Crippen LogP contribution is -2.53. The highest BCUT2D eigenvalue weighted by molar-refractivity contribution is 5.93. The molecular weight excluding hydrogens is 320 g/mol. The zero-order valence-corrected chi connectivity index (χ0v) is 14.7. The SMILES string of the molecule is C1=C(c2cccc3ccncc23)CC2COCC1N2Cc1ccccc1. The first-order valence-electron chi connectivity index (χ1n) is 9.30. The van der Waals surface area contributed by atoms with Crippen LogP contribution >= 0.6 is 0 Å². The molecule has 2 atom stereocenters. The average molecular weight is 342 g/mol. The van der Waals surface area contributed by atoms with Crippen LogP contribution in [-0.4, -0.2) is 35.2 Å². The van der Waals surface area contributed by atoms with Gasteiger partial charge in [-0.15, -0.1) is 0 Å². The number of pyridine rings is 1. The van der Waals surface area contributed by atoms with Gasteiger partial charge in [-0.25, -0.2) is 0 Å². The Hall–Kier alpha value is -2.49. The van der Waals surface area contributed by atoms with Crippen LogP contribution in [0.2, 0.25) is 0 Å². The molecule has 26 heavy (non-hydrogen) atoms. The van der Waals surface area contributed by atoms with Crippen molar-refractivity contribution in [3.05, 3.63) is 84.2 Å². The molecule has 3 nitrogen and oxygen atoms in total. The molecule has 5 rings (SSSR count). The molecule has 2 aliphatic heterocycles. The van der Waals surface area contributed by atoms with Gasteiger partial charge in [0.15, 0.2) is 0 Å². The van der Waals surface area contributed by atoms with Crippen LogP contribution in [0, 0.1) is 0 Å². The summed E-state index contributed by atoms with van der Waals surface area (Å²) in [7, 11) is 0. The second-order valence-electron chi connectivity index (χ2n) is 7.21. The predicted molar refractivity (Wildman–Crippen MR) is 105 cm³/mol. The van der Waals surface area contributed by atoms with Crippen molar-refractivity contribution in [2.45, 2.75) is 25.0 Å². The summed E-state index contributed by atoms with van der Waals surface area (Å²) in [4.78, 5) is 6.95.